The van der Waals surface area contributed by atoms with Crippen LogP contribution in [0, 0.1) is 5.92 Å². The lowest BCUT2D eigenvalue weighted by Gasteiger charge is -2.26. The number of piperidine rings is 1. The topological polar surface area (TPSA) is 42.4 Å². The van der Waals surface area contributed by atoms with Gasteiger partial charge in [-0.05, 0) is 24.5 Å². The van der Waals surface area contributed by atoms with Crippen LogP contribution in [0.5, 0.6) is 0 Å². The maximum Gasteiger partial charge on any atom is 0.304 e. The number of esters is 1. The van der Waals surface area contributed by atoms with E-state index >= 15 is 0 Å². The van der Waals surface area contributed by atoms with Crippen molar-refractivity contribution in [1.29, 1.82) is 0 Å². The van der Waals surface area contributed by atoms with E-state index in [1.54, 1.807) is 0 Å². The highest BCUT2D eigenvalue weighted by Gasteiger charge is 2.48. The summed E-state index contributed by atoms with van der Waals surface area (Å²) in [5.41, 5.74) is 1.15. The van der Waals surface area contributed by atoms with E-state index in [2.05, 4.69) is 9.88 Å². The van der Waals surface area contributed by atoms with Gasteiger partial charge in [-0.3, -0.25) is 9.69 Å². The van der Waals surface area contributed by atoms with Crippen LogP contribution in [0.15, 0.2) is 18.3 Å². The molecule has 0 aromatic carbocycles. The maximum atomic E-state index is 11.1. The van der Waals surface area contributed by atoms with Gasteiger partial charge in [-0.25, -0.2) is 4.98 Å². The summed E-state index contributed by atoms with van der Waals surface area (Å²) in [7, 11) is 0. The Morgan fingerprint density at radius 2 is 2.39 bits per heavy atom. The third-order valence-corrected chi connectivity index (χ3v) is 4.06. The summed E-state index contributed by atoms with van der Waals surface area (Å²) < 4.78 is 5.41. The number of rotatable bonds is 2. The van der Waals surface area contributed by atoms with Crippen LogP contribution in [0.3, 0.4) is 0 Å². The van der Waals surface area contributed by atoms with E-state index < -0.39 is 0 Å². The van der Waals surface area contributed by atoms with Gasteiger partial charge in [-0.15, -0.1) is 0 Å². The average molecular weight is 267 g/mol. The fraction of sp³-hybridized carbons (Fsp3) is 0.538. The first kappa shape index (κ1) is 11.9. The van der Waals surface area contributed by atoms with Gasteiger partial charge in [-0.2, -0.15) is 0 Å². The number of carbonyl (C=O) groups excluding carboxylic acids is 1. The smallest absolute Gasteiger partial charge is 0.304 e. The molecule has 2 bridgehead atoms. The molecule has 0 amide bonds. The zero-order valence-corrected chi connectivity index (χ0v) is 10.9. The molecule has 0 aliphatic carbocycles. The highest BCUT2D eigenvalue weighted by molar-refractivity contribution is 6.29. The fourth-order valence-corrected chi connectivity index (χ4v) is 3.20. The lowest BCUT2D eigenvalue weighted by atomic mass is 9.96. The summed E-state index contributed by atoms with van der Waals surface area (Å²) in [5.74, 6) is 0.251. The molecular weight excluding hydrogens is 252 g/mol. The van der Waals surface area contributed by atoms with Crippen molar-refractivity contribution in [2.75, 3.05) is 6.54 Å². The zero-order chi connectivity index (χ0) is 12.7. The highest BCUT2D eigenvalue weighted by Crippen LogP contribution is 2.46. The fourth-order valence-electron chi connectivity index (χ4n) is 3.09. The number of hydrogen-bond donors (Lipinski definition) is 0. The second kappa shape index (κ2) is 4.52. The minimum Gasteiger partial charge on any atom is -0.446 e. The molecule has 0 radical (unpaired) electrons. The first-order valence-electron chi connectivity index (χ1n) is 6.19. The molecule has 3 heterocycles. The van der Waals surface area contributed by atoms with Crippen LogP contribution in [0.2, 0.25) is 5.15 Å². The molecule has 1 aromatic rings. The number of halogens is 1. The Balaban J connectivity index is 1.80. The van der Waals surface area contributed by atoms with Crippen molar-refractivity contribution in [3.05, 3.63) is 29.0 Å². The third-order valence-electron chi connectivity index (χ3n) is 3.84. The van der Waals surface area contributed by atoms with Crippen LogP contribution in [0.25, 0.3) is 0 Å². The van der Waals surface area contributed by atoms with Gasteiger partial charge in [0.25, 0.3) is 0 Å². The summed E-state index contributed by atoms with van der Waals surface area (Å²) in [6.45, 7) is 2.45. The number of fused-ring (bicyclic) bond motifs is 2. The van der Waals surface area contributed by atoms with Gasteiger partial charge in [0.15, 0.2) is 6.23 Å². The standard InChI is InChI=1S/C13H15ClN2O2/c1-8(17)18-13-9-4-5-16(13)11(6-9)10-2-3-12(14)15-7-10/h2-3,7,9,11,13H,4-6H2,1H3. The van der Waals surface area contributed by atoms with E-state index in [1.807, 2.05) is 18.3 Å². The summed E-state index contributed by atoms with van der Waals surface area (Å²) in [4.78, 5) is 17.5. The number of hydrogen-bond acceptors (Lipinski definition) is 4. The summed E-state index contributed by atoms with van der Waals surface area (Å²) in [6, 6.07) is 4.12. The molecule has 4 unspecified atom stereocenters. The summed E-state index contributed by atoms with van der Waals surface area (Å²) in [5, 5.41) is 0.508. The Morgan fingerprint density at radius 3 is 3.06 bits per heavy atom. The van der Waals surface area contributed by atoms with Crippen molar-refractivity contribution in [3.63, 3.8) is 0 Å². The Labute approximate surface area is 111 Å². The van der Waals surface area contributed by atoms with Crippen molar-refractivity contribution < 1.29 is 9.53 Å². The molecule has 4 atom stereocenters. The van der Waals surface area contributed by atoms with Crippen molar-refractivity contribution in [2.45, 2.75) is 32.0 Å². The maximum absolute atomic E-state index is 11.1. The zero-order valence-electron chi connectivity index (χ0n) is 10.2. The highest BCUT2D eigenvalue weighted by atomic mass is 35.5. The van der Waals surface area contributed by atoms with Crippen LogP contribution in [-0.4, -0.2) is 28.6 Å². The van der Waals surface area contributed by atoms with Gasteiger partial charge in [0.2, 0.25) is 0 Å². The molecule has 18 heavy (non-hydrogen) atoms. The summed E-state index contributed by atoms with van der Waals surface area (Å²) >= 11 is 5.80. The van der Waals surface area contributed by atoms with Crippen molar-refractivity contribution >= 4 is 17.6 Å². The molecule has 3 rings (SSSR count). The van der Waals surface area contributed by atoms with E-state index in [9.17, 15) is 4.79 Å². The van der Waals surface area contributed by atoms with Crippen LogP contribution < -0.4 is 0 Å². The monoisotopic (exact) mass is 266 g/mol. The molecule has 2 fully saturated rings. The minimum absolute atomic E-state index is 0.0526. The number of ether oxygens (including phenoxy) is 1. The number of carbonyl (C=O) groups is 1. The van der Waals surface area contributed by atoms with E-state index in [1.165, 1.54) is 6.92 Å². The molecule has 0 N–H and O–H groups in total. The van der Waals surface area contributed by atoms with Gasteiger partial charge in [-0.1, -0.05) is 17.7 Å². The molecule has 2 saturated heterocycles. The molecule has 0 spiro atoms. The lowest BCUT2D eigenvalue weighted by Crippen LogP contribution is -2.32. The molecule has 0 saturated carbocycles. The minimum atomic E-state index is -0.202. The van der Waals surface area contributed by atoms with Crippen LogP contribution >= 0.6 is 11.6 Å². The molecule has 2 aliphatic heterocycles. The van der Waals surface area contributed by atoms with Gasteiger partial charge >= 0.3 is 5.97 Å². The van der Waals surface area contributed by atoms with Crippen LogP contribution in [0.1, 0.15) is 31.4 Å². The van der Waals surface area contributed by atoms with Crippen molar-refractivity contribution in [3.8, 4) is 0 Å². The van der Waals surface area contributed by atoms with Crippen LogP contribution in [0.4, 0.5) is 0 Å². The molecule has 4 nitrogen and oxygen atoms in total. The SMILES string of the molecule is CC(=O)OC1C2CCN1C(c1ccc(Cl)nc1)C2. The quantitative estimate of drug-likeness (QED) is 0.609. The Hall–Kier alpha value is -1.13. The number of aromatic nitrogens is 1. The van der Waals surface area contributed by atoms with E-state index in [4.69, 9.17) is 16.3 Å². The largest absolute Gasteiger partial charge is 0.446 e. The van der Waals surface area contributed by atoms with E-state index in [-0.39, 0.29) is 12.2 Å². The van der Waals surface area contributed by atoms with Gasteiger partial charge < -0.3 is 4.74 Å². The normalized spacial score (nSPS) is 33.7. The Kier molecular flexibility index (Phi) is 2.99. The third kappa shape index (κ3) is 1.99. The molecule has 2 aliphatic rings. The average Bonchev–Trinajstić information content (AvgIpc) is 2.86. The predicted molar refractivity (Wildman–Crippen MR) is 67.0 cm³/mol. The molecule has 1 aromatic heterocycles. The van der Waals surface area contributed by atoms with E-state index in [0.29, 0.717) is 17.1 Å². The van der Waals surface area contributed by atoms with Crippen LogP contribution in [-0.2, 0) is 9.53 Å². The van der Waals surface area contributed by atoms with Gasteiger partial charge in [0, 0.05) is 31.6 Å². The van der Waals surface area contributed by atoms with E-state index in [0.717, 1.165) is 24.9 Å². The van der Waals surface area contributed by atoms with Gasteiger partial charge in [0.1, 0.15) is 5.15 Å². The number of pyridine rings is 1. The Morgan fingerprint density at radius 1 is 1.56 bits per heavy atom. The lowest BCUT2D eigenvalue weighted by molar-refractivity contribution is -0.154. The molecule has 96 valence electrons. The first-order valence-corrected chi connectivity index (χ1v) is 6.57. The predicted octanol–water partition coefficient (Wildman–Crippen LogP) is 2.39. The van der Waals surface area contributed by atoms with Crippen molar-refractivity contribution in [2.24, 2.45) is 5.92 Å². The Bertz CT molecular complexity index is 463. The molecular formula is C13H15ClN2O2. The van der Waals surface area contributed by atoms with Gasteiger partial charge in [0.05, 0.1) is 0 Å². The number of nitrogens with zero attached hydrogens (tertiary/aromatic N) is 2. The first-order chi connectivity index (χ1) is 8.65. The second-order valence-electron chi connectivity index (χ2n) is 4.95. The second-order valence-corrected chi connectivity index (χ2v) is 5.34. The van der Waals surface area contributed by atoms with Crippen molar-refractivity contribution in [1.82, 2.24) is 9.88 Å². The summed E-state index contributed by atoms with van der Waals surface area (Å²) in [6.07, 6.45) is 3.90. The molecule has 5 heteroatoms.